The molecule has 0 bridgehead atoms. The van der Waals surface area contributed by atoms with Gasteiger partial charge in [0.2, 0.25) is 5.88 Å². The van der Waals surface area contributed by atoms with Crippen LogP contribution in [0.1, 0.15) is 23.3 Å². The number of ether oxygens (including phenoxy) is 1. The third kappa shape index (κ3) is 1.58. The Balaban J connectivity index is 2.45. The summed E-state index contributed by atoms with van der Waals surface area (Å²) in [6.45, 7) is 1.37. The van der Waals surface area contributed by atoms with Crippen molar-refractivity contribution in [3.05, 3.63) is 9.26 Å². The quantitative estimate of drug-likeness (QED) is 0.796. The summed E-state index contributed by atoms with van der Waals surface area (Å²) in [4.78, 5) is 10.8. The molecule has 0 aliphatic carbocycles. The van der Waals surface area contributed by atoms with E-state index in [1.54, 1.807) is 4.68 Å². The molecule has 14 heavy (non-hydrogen) atoms. The first-order valence-electron chi connectivity index (χ1n) is 4.32. The maximum atomic E-state index is 10.8. The minimum Gasteiger partial charge on any atom is -0.477 e. The number of carbonyl (C=O) groups is 1. The molecule has 0 saturated carbocycles. The molecule has 1 aromatic rings. The van der Waals surface area contributed by atoms with Crippen LogP contribution in [-0.2, 0) is 6.54 Å². The van der Waals surface area contributed by atoms with Crippen molar-refractivity contribution in [1.82, 2.24) is 9.78 Å². The molecule has 1 aliphatic rings. The Kier molecular flexibility index (Phi) is 2.62. The van der Waals surface area contributed by atoms with E-state index >= 15 is 0 Å². The molecule has 1 aliphatic heterocycles. The largest absolute Gasteiger partial charge is 0.477 e. The lowest BCUT2D eigenvalue weighted by atomic mass is 10.3. The molecule has 6 heteroatoms. The fourth-order valence-corrected chi connectivity index (χ4v) is 2.16. The first kappa shape index (κ1) is 9.75. The van der Waals surface area contributed by atoms with Crippen molar-refractivity contribution >= 4 is 28.6 Å². The zero-order valence-electron chi connectivity index (χ0n) is 7.36. The number of carboxylic acids is 1. The highest BCUT2D eigenvalue weighted by molar-refractivity contribution is 14.1. The van der Waals surface area contributed by atoms with Gasteiger partial charge in [0.25, 0.3) is 0 Å². The molecule has 0 aromatic carbocycles. The fraction of sp³-hybridized carbons (Fsp3) is 0.500. The molecule has 2 rings (SSSR count). The lowest BCUT2D eigenvalue weighted by Crippen LogP contribution is -2.03. The van der Waals surface area contributed by atoms with Gasteiger partial charge in [0, 0.05) is 6.54 Å². The summed E-state index contributed by atoms with van der Waals surface area (Å²) < 4.78 is 7.67. The van der Waals surface area contributed by atoms with Crippen molar-refractivity contribution in [2.45, 2.75) is 19.4 Å². The number of hydrogen-bond donors (Lipinski definition) is 1. The molecule has 1 aromatic heterocycles. The van der Waals surface area contributed by atoms with Crippen molar-refractivity contribution in [2.24, 2.45) is 0 Å². The Bertz CT molecular complexity index is 375. The van der Waals surface area contributed by atoms with Gasteiger partial charge in [-0.15, -0.1) is 0 Å². The first-order chi connectivity index (χ1) is 6.70. The predicted molar refractivity (Wildman–Crippen MR) is 56.6 cm³/mol. The van der Waals surface area contributed by atoms with Gasteiger partial charge >= 0.3 is 5.97 Å². The molecular formula is C8H9IN2O3. The van der Waals surface area contributed by atoms with E-state index in [0.717, 1.165) is 19.4 Å². The summed E-state index contributed by atoms with van der Waals surface area (Å²) in [6, 6.07) is 0. The molecule has 5 nitrogen and oxygen atoms in total. The van der Waals surface area contributed by atoms with Gasteiger partial charge in [-0.2, -0.15) is 5.10 Å². The number of hydrogen-bond acceptors (Lipinski definition) is 3. The van der Waals surface area contributed by atoms with E-state index in [1.165, 1.54) is 0 Å². The van der Waals surface area contributed by atoms with Gasteiger partial charge in [-0.25, -0.2) is 9.48 Å². The van der Waals surface area contributed by atoms with Gasteiger partial charge in [0.1, 0.15) is 3.57 Å². The van der Waals surface area contributed by atoms with Crippen LogP contribution >= 0.6 is 22.6 Å². The lowest BCUT2D eigenvalue weighted by Gasteiger charge is -2.01. The maximum Gasteiger partial charge on any atom is 0.357 e. The first-order valence-corrected chi connectivity index (χ1v) is 5.40. The maximum absolute atomic E-state index is 10.8. The Morgan fingerprint density at radius 3 is 3.07 bits per heavy atom. The van der Waals surface area contributed by atoms with Crippen LogP contribution in [-0.4, -0.2) is 27.5 Å². The van der Waals surface area contributed by atoms with Crippen molar-refractivity contribution in [1.29, 1.82) is 0 Å². The second kappa shape index (κ2) is 3.76. The van der Waals surface area contributed by atoms with E-state index in [-0.39, 0.29) is 5.69 Å². The number of aromatic carboxylic acids is 1. The van der Waals surface area contributed by atoms with Gasteiger partial charge in [-0.05, 0) is 35.4 Å². The van der Waals surface area contributed by atoms with Crippen LogP contribution < -0.4 is 4.74 Å². The van der Waals surface area contributed by atoms with Crippen LogP contribution in [0.2, 0.25) is 0 Å². The van der Waals surface area contributed by atoms with Crippen molar-refractivity contribution in [3.63, 3.8) is 0 Å². The third-order valence-corrected chi connectivity index (χ3v) is 3.03. The Morgan fingerprint density at radius 2 is 2.36 bits per heavy atom. The summed E-state index contributed by atoms with van der Waals surface area (Å²) in [5, 5.41) is 12.8. The predicted octanol–water partition coefficient (Wildman–Crippen LogP) is 1.36. The number of aryl methyl sites for hydroxylation is 1. The van der Waals surface area contributed by atoms with Gasteiger partial charge in [-0.3, -0.25) is 0 Å². The molecule has 0 amide bonds. The van der Waals surface area contributed by atoms with Crippen LogP contribution in [0.15, 0.2) is 0 Å². The summed E-state index contributed by atoms with van der Waals surface area (Å²) in [5.74, 6) is -0.404. The van der Waals surface area contributed by atoms with E-state index in [0.29, 0.717) is 16.1 Å². The monoisotopic (exact) mass is 308 g/mol. The van der Waals surface area contributed by atoms with Crippen LogP contribution in [0.25, 0.3) is 0 Å². The molecule has 0 atom stereocenters. The average molecular weight is 308 g/mol. The highest BCUT2D eigenvalue weighted by Crippen LogP contribution is 2.26. The molecule has 0 unspecified atom stereocenters. The molecule has 2 heterocycles. The zero-order chi connectivity index (χ0) is 10.1. The molecule has 0 fully saturated rings. The smallest absolute Gasteiger partial charge is 0.357 e. The topological polar surface area (TPSA) is 64.3 Å². The number of fused-ring (bicyclic) bond motifs is 1. The number of nitrogens with zero attached hydrogens (tertiary/aromatic N) is 2. The molecule has 1 N–H and O–H groups in total. The molecule has 0 radical (unpaired) electrons. The van der Waals surface area contributed by atoms with Gasteiger partial charge in [0.15, 0.2) is 5.69 Å². The highest BCUT2D eigenvalue weighted by Gasteiger charge is 2.22. The van der Waals surface area contributed by atoms with Crippen LogP contribution in [0, 0.1) is 3.57 Å². The van der Waals surface area contributed by atoms with Crippen molar-refractivity contribution in [2.75, 3.05) is 6.61 Å². The Morgan fingerprint density at radius 1 is 1.57 bits per heavy atom. The second-order valence-electron chi connectivity index (χ2n) is 3.05. The lowest BCUT2D eigenvalue weighted by molar-refractivity contribution is 0.0688. The minimum atomic E-state index is -1.00. The standard InChI is InChI=1S/C8H9IN2O3/c9-5-6(8(12)13)10-11-3-1-2-4-14-7(5)11/h1-4H2,(H,12,13). The summed E-state index contributed by atoms with van der Waals surface area (Å²) >= 11 is 1.96. The van der Waals surface area contributed by atoms with E-state index in [4.69, 9.17) is 9.84 Å². The van der Waals surface area contributed by atoms with Gasteiger partial charge in [-0.1, -0.05) is 0 Å². The Hall–Kier alpha value is -0.790. The van der Waals surface area contributed by atoms with Crippen LogP contribution in [0.4, 0.5) is 0 Å². The molecule has 0 saturated heterocycles. The summed E-state index contributed by atoms with van der Waals surface area (Å²) in [6.07, 6.45) is 1.96. The zero-order valence-corrected chi connectivity index (χ0v) is 9.52. The van der Waals surface area contributed by atoms with Crippen LogP contribution in [0.5, 0.6) is 5.88 Å². The summed E-state index contributed by atoms with van der Waals surface area (Å²) in [5.41, 5.74) is 0.0856. The van der Waals surface area contributed by atoms with Gasteiger partial charge < -0.3 is 9.84 Å². The fourth-order valence-electron chi connectivity index (χ4n) is 1.38. The van der Waals surface area contributed by atoms with Crippen molar-refractivity contribution < 1.29 is 14.6 Å². The van der Waals surface area contributed by atoms with Crippen molar-refractivity contribution in [3.8, 4) is 5.88 Å². The second-order valence-corrected chi connectivity index (χ2v) is 4.13. The minimum absolute atomic E-state index is 0.0856. The van der Waals surface area contributed by atoms with E-state index in [2.05, 4.69) is 5.10 Å². The van der Waals surface area contributed by atoms with Gasteiger partial charge in [0.05, 0.1) is 6.61 Å². The average Bonchev–Trinajstić information content (AvgIpc) is 2.37. The number of rotatable bonds is 1. The van der Waals surface area contributed by atoms with E-state index < -0.39 is 5.97 Å². The normalized spacial score (nSPS) is 15.5. The summed E-state index contributed by atoms with van der Waals surface area (Å²) in [7, 11) is 0. The van der Waals surface area contributed by atoms with E-state index in [1.807, 2.05) is 22.6 Å². The van der Waals surface area contributed by atoms with Crippen LogP contribution in [0.3, 0.4) is 0 Å². The number of aromatic nitrogens is 2. The molecular weight excluding hydrogens is 299 g/mol. The third-order valence-electron chi connectivity index (χ3n) is 2.06. The molecule has 76 valence electrons. The number of carboxylic acid groups (broad SMARTS) is 1. The highest BCUT2D eigenvalue weighted by atomic mass is 127. The SMILES string of the molecule is O=C(O)c1nn2c(c1I)OCCCC2. The number of halogens is 1. The Labute approximate surface area is 94.2 Å². The van der Waals surface area contributed by atoms with E-state index in [9.17, 15) is 4.79 Å². The molecule has 0 spiro atoms.